The summed E-state index contributed by atoms with van der Waals surface area (Å²) < 4.78 is 17.5. The highest BCUT2D eigenvalue weighted by atomic mass is 31.2. The molecule has 0 radical (unpaired) electrons. The molecule has 204 valence electrons. The highest BCUT2D eigenvalue weighted by Crippen LogP contribution is 2.43. The van der Waals surface area contributed by atoms with E-state index in [4.69, 9.17) is 4.52 Å². The lowest BCUT2D eigenvalue weighted by Crippen LogP contribution is -1.97. The van der Waals surface area contributed by atoms with Crippen molar-refractivity contribution in [3.8, 4) is 0 Å². The lowest BCUT2D eigenvalue weighted by Gasteiger charge is -2.12. The second-order valence-electron chi connectivity index (χ2n) is 10.3. The molecule has 0 fully saturated rings. The topological polar surface area (TPSA) is 46.5 Å². The van der Waals surface area contributed by atoms with Gasteiger partial charge in [0.15, 0.2) is 0 Å². The Morgan fingerprint density at radius 2 is 0.882 bits per heavy atom. The number of rotatable bonds is 28. The Bertz CT molecular complexity index is 464. The van der Waals surface area contributed by atoms with Gasteiger partial charge in [0.25, 0.3) is 0 Å². The zero-order chi connectivity index (χ0) is 25.0. The van der Waals surface area contributed by atoms with Gasteiger partial charge in [0, 0.05) is 6.16 Å². The van der Waals surface area contributed by atoms with Gasteiger partial charge in [-0.2, -0.15) is 0 Å². The number of unbranched alkanes of at least 4 members (excludes halogenated alkanes) is 21. The Morgan fingerprint density at radius 1 is 0.529 bits per heavy atom. The van der Waals surface area contributed by atoms with E-state index >= 15 is 0 Å². The lowest BCUT2D eigenvalue weighted by molar-refractivity contribution is 0.251. The van der Waals surface area contributed by atoms with Gasteiger partial charge in [-0.05, 0) is 38.5 Å². The SMILES string of the molecule is CCCCCCCCC=CCCCCCCCCP(=O)(O)OCCCCCCCCCCCC. The molecular formula is C30H61O3P. The second-order valence-corrected chi connectivity index (χ2v) is 12.3. The van der Waals surface area contributed by atoms with Gasteiger partial charge >= 0.3 is 7.60 Å². The van der Waals surface area contributed by atoms with Crippen molar-refractivity contribution >= 4 is 7.60 Å². The van der Waals surface area contributed by atoms with Crippen LogP contribution < -0.4 is 0 Å². The summed E-state index contributed by atoms with van der Waals surface area (Å²) in [5.74, 6) is 0. The van der Waals surface area contributed by atoms with E-state index in [1.165, 1.54) is 128 Å². The van der Waals surface area contributed by atoms with Crippen molar-refractivity contribution < 1.29 is 14.0 Å². The van der Waals surface area contributed by atoms with Crippen LogP contribution in [0, 0.1) is 0 Å². The van der Waals surface area contributed by atoms with Crippen molar-refractivity contribution in [2.45, 2.75) is 168 Å². The minimum atomic E-state index is -3.37. The van der Waals surface area contributed by atoms with Crippen molar-refractivity contribution in [2.75, 3.05) is 12.8 Å². The van der Waals surface area contributed by atoms with Gasteiger partial charge in [-0.3, -0.25) is 4.57 Å². The first-order valence-electron chi connectivity index (χ1n) is 15.2. The van der Waals surface area contributed by atoms with Gasteiger partial charge in [0.05, 0.1) is 6.61 Å². The molecule has 0 aliphatic rings. The van der Waals surface area contributed by atoms with Crippen molar-refractivity contribution in [1.82, 2.24) is 0 Å². The molecule has 0 heterocycles. The van der Waals surface area contributed by atoms with Gasteiger partial charge in [0.2, 0.25) is 0 Å². The molecule has 0 rings (SSSR count). The highest BCUT2D eigenvalue weighted by Gasteiger charge is 2.17. The van der Waals surface area contributed by atoms with E-state index in [0.29, 0.717) is 12.8 Å². The fraction of sp³-hybridized carbons (Fsp3) is 0.933. The minimum Gasteiger partial charge on any atom is -0.324 e. The third-order valence-electron chi connectivity index (χ3n) is 6.74. The molecule has 0 amide bonds. The largest absolute Gasteiger partial charge is 0.328 e. The summed E-state index contributed by atoms with van der Waals surface area (Å²) in [5, 5.41) is 0. The minimum absolute atomic E-state index is 0.325. The third-order valence-corrected chi connectivity index (χ3v) is 8.21. The maximum absolute atomic E-state index is 12.1. The predicted molar refractivity (Wildman–Crippen MR) is 152 cm³/mol. The maximum atomic E-state index is 12.1. The zero-order valence-corrected chi connectivity index (χ0v) is 24.1. The average Bonchev–Trinajstić information content (AvgIpc) is 2.82. The van der Waals surface area contributed by atoms with Crippen LogP contribution in [0.4, 0.5) is 0 Å². The fourth-order valence-electron chi connectivity index (χ4n) is 4.42. The molecule has 34 heavy (non-hydrogen) atoms. The van der Waals surface area contributed by atoms with Gasteiger partial charge in [-0.1, -0.05) is 142 Å². The van der Waals surface area contributed by atoms with Crippen LogP contribution in [0.25, 0.3) is 0 Å². The smallest absolute Gasteiger partial charge is 0.324 e. The van der Waals surface area contributed by atoms with Crippen LogP contribution in [0.2, 0.25) is 0 Å². The first kappa shape index (κ1) is 33.9. The third kappa shape index (κ3) is 28.1. The maximum Gasteiger partial charge on any atom is 0.328 e. The Kier molecular flexibility index (Phi) is 27.4. The molecule has 0 saturated heterocycles. The summed E-state index contributed by atoms with van der Waals surface area (Å²) >= 11 is 0. The van der Waals surface area contributed by atoms with Crippen molar-refractivity contribution in [3.05, 3.63) is 12.2 Å². The van der Waals surface area contributed by atoms with Gasteiger partial charge < -0.3 is 9.42 Å². The molecule has 3 nitrogen and oxygen atoms in total. The zero-order valence-electron chi connectivity index (χ0n) is 23.3. The van der Waals surface area contributed by atoms with Crippen molar-refractivity contribution in [1.29, 1.82) is 0 Å². The monoisotopic (exact) mass is 500 g/mol. The molecule has 0 saturated carbocycles. The van der Waals surface area contributed by atoms with Gasteiger partial charge in [-0.25, -0.2) is 0 Å². The molecule has 0 aromatic heterocycles. The molecule has 0 aromatic rings. The normalized spacial score (nSPS) is 13.6. The van der Waals surface area contributed by atoms with E-state index in [2.05, 4.69) is 26.0 Å². The van der Waals surface area contributed by atoms with Crippen molar-refractivity contribution in [3.63, 3.8) is 0 Å². The Hall–Kier alpha value is -0.110. The Balaban J connectivity index is 3.34. The molecule has 0 aromatic carbocycles. The molecule has 0 bridgehead atoms. The average molecular weight is 501 g/mol. The molecular weight excluding hydrogens is 439 g/mol. The Labute approximate surface area is 214 Å². The van der Waals surface area contributed by atoms with Gasteiger partial charge in [0.1, 0.15) is 0 Å². The number of hydrogen-bond donors (Lipinski definition) is 1. The standard InChI is InChI=1S/C30H61O3P/c1-3-5-7-9-11-13-15-16-17-18-19-20-22-24-26-28-30-34(31,32)33-29-27-25-23-21-14-12-10-8-6-4-2/h16-17H,3-15,18-30H2,1-2H3,(H,31,32). The number of allylic oxidation sites excluding steroid dienone is 2. The molecule has 4 heteroatoms. The van der Waals surface area contributed by atoms with Crippen LogP contribution in [-0.2, 0) is 9.09 Å². The predicted octanol–water partition coefficient (Wildman–Crippen LogP) is 11.1. The summed E-state index contributed by atoms with van der Waals surface area (Å²) in [5.41, 5.74) is 0. The molecule has 1 N–H and O–H groups in total. The number of hydrogen-bond acceptors (Lipinski definition) is 2. The van der Waals surface area contributed by atoms with E-state index in [1.807, 2.05) is 0 Å². The van der Waals surface area contributed by atoms with Crippen LogP contribution >= 0.6 is 7.60 Å². The summed E-state index contributed by atoms with van der Waals surface area (Å²) in [6.45, 7) is 4.97. The fourth-order valence-corrected chi connectivity index (χ4v) is 5.59. The molecule has 1 atom stereocenters. The highest BCUT2D eigenvalue weighted by molar-refractivity contribution is 7.52. The van der Waals surface area contributed by atoms with E-state index < -0.39 is 7.60 Å². The summed E-state index contributed by atoms with van der Waals surface area (Å²) in [6, 6.07) is 0. The summed E-state index contributed by atoms with van der Waals surface area (Å²) in [6.07, 6.45) is 35.2. The molecule has 1 unspecified atom stereocenters. The first-order chi connectivity index (χ1) is 16.6. The van der Waals surface area contributed by atoms with E-state index in [0.717, 1.165) is 25.7 Å². The van der Waals surface area contributed by atoms with Crippen LogP contribution in [0.15, 0.2) is 12.2 Å². The van der Waals surface area contributed by atoms with E-state index in [1.54, 1.807) is 0 Å². The summed E-state index contributed by atoms with van der Waals surface area (Å²) in [4.78, 5) is 10.00. The lowest BCUT2D eigenvalue weighted by atomic mass is 10.1. The van der Waals surface area contributed by atoms with E-state index in [-0.39, 0.29) is 0 Å². The first-order valence-corrected chi connectivity index (χ1v) is 17.0. The van der Waals surface area contributed by atoms with Gasteiger partial charge in [-0.15, -0.1) is 0 Å². The van der Waals surface area contributed by atoms with Crippen LogP contribution in [0.5, 0.6) is 0 Å². The summed E-state index contributed by atoms with van der Waals surface area (Å²) in [7, 11) is -3.37. The van der Waals surface area contributed by atoms with E-state index in [9.17, 15) is 9.46 Å². The Morgan fingerprint density at radius 3 is 1.32 bits per heavy atom. The molecule has 0 aliphatic heterocycles. The van der Waals surface area contributed by atoms with Crippen LogP contribution in [0.3, 0.4) is 0 Å². The van der Waals surface area contributed by atoms with Crippen LogP contribution in [-0.4, -0.2) is 17.7 Å². The van der Waals surface area contributed by atoms with Crippen molar-refractivity contribution in [2.24, 2.45) is 0 Å². The van der Waals surface area contributed by atoms with Crippen LogP contribution in [0.1, 0.15) is 168 Å². The molecule has 0 aliphatic carbocycles. The molecule has 0 spiro atoms. The second kappa shape index (κ2) is 27.5. The quantitative estimate of drug-likeness (QED) is 0.0660.